The standard InChI is InChI=1S/C17H20N4O2/c1-3-4-8-11-21-15(17(22)19-18)16(13(2)20-21)23-12-14-9-6-5-7-10-14/h5-7,9-10H,8,11-12,18H2,1-2H3,(H,19,22). The Hall–Kier alpha value is -2.78. The fourth-order valence-corrected chi connectivity index (χ4v) is 2.20. The zero-order chi connectivity index (χ0) is 16.7. The molecule has 3 N–H and O–H groups in total. The number of rotatable bonds is 6. The highest BCUT2D eigenvalue weighted by molar-refractivity contribution is 5.95. The number of nitrogens with one attached hydrogen (secondary N) is 1. The highest BCUT2D eigenvalue weighted by atomic mass is 16.5. The van der Waals surface area contributed by atoms with Gasteiger partial charge in [0.1, 0.15) is 12.3 Å². The van der Waals surface area contributed by atoms with Crippen molar-refractivity contribution in [1.29, 1.82) is 0 Å². The molecular weight excluding hydrogens is 292 g/mol. The normalized spacial score (nSPS) is 9.87. The van der Waals surface area contributed by atoms with Gasteiger partial charge in [-0.15, -0.1) is 11.8 Å². The topological polar surface area (TPSA) is 82.2 Å². The van der Waals surface area contributed by atoms with E-state index in [1.807, 2.05) is 30.3 Å². The van der Waals surface area contributed by atoms with E-state index in [9.17, 15) is 4.79 Å². The summed E-state index contributed by atoms with van der Waals surface area (Å²) in [6.07, 6.45) is 0.598. The summed E-state index contributed by atoms with van der Waals surface area (Å²) in [6, 6.07) is 9.73. The second kappa shape index (κ2) is 8.01. The first-order chi connectivity index (χ1) is 11.2. The monoisotopic (exact) mass is 312 g/mol. The minimum atomic E-state index is -0.432. The maximum absolute atomic E-state index is 12.1. The second-order valence-corrected chi connectivity index (χ2v) is 4.91. The van der Waals surface area contributed by atoms with Gasteiger partial charge in [-0.25, -0.2) is 5.84 Å². The third-order valence-electron chi connectivity index (χ3n) is 3.27. The third kappa shape index (κ3) is 4.11. The lowest BCUT2D eigenvalue weighted by Gasteiger charge is -2.09. The van der Waals surface area contributed by atoms with Crippen LogP contribution in [0.4, 0.5) is 0 Å². The molecule has 6 nitrogen and oxygen atoms in total. The molecule has 0 unspecified atom stereocenters. The molecule has 1 aromatic heterocycles. The zero-order valence-electron chi connectivity index (χ0n) is 13.3. The van der Waals surface area contributed by atoms with Crippen LogP contribution in [0.2, 0.25) is 0 Å². The van der Waals surface area contributed by atoms with Crippen LogP contribution in [0.3, 0.4) is 0 Å². The van der Waals surface area contributed by atoms with Gasteiger partial charge in [-0.2, -0.15) is 5.10 Å². The van der Waals surface area contributed by atoms with E-state index in [2.05, 4.69) is 22.4 Å². The van der Waals surface area contributed by atoms with Gasteiger partial charge in [0.15, 0.2) is 11.4 Å². The lowest BCUT2D eigenvalue weighted by molar-refractivity contribution is 0.0938. The number of amides is 1. The maximum atomic E-state index is 12.1. The predicted molar refractivity (Wildman–Crippen MR) is 87.5 cm³/mol. The van der Waals surface area contributed by atoms with Gasteiger partial charge in [0.25, 0.3) is 5.91 Å². The molecule has 0 aliphatic rings. The van der Waals surface area contributed by atoms with E-state index >= 15 is 0 Å². The number of carbonyl (C=O) groups excluding carboxylic acids is 1. The van der Waals surface area contributed by atoms with Crippen molar-refractivity contribution in [2.45, 2.75) is 33.4 Å². The SMILES string of the molecule is CC#CCCn1nc(C)c(OCc2ccccc2)c1C(=O)NN. The molecule has 1 heterocycles. The largest absolute Gasteiger partial charge is 0.484 e. The molecule has 1 aromatic carbocycles. The molecule has 2 rings (SSSR count). The number of ether oxygens (including phenoxy) is 1. The molecule has 0 fully saturated rings. The molecule has 0 saturated heterocycles. The molecule has 0 radical (unpaired) electrons. The van der Waals surface area contributed by atoms with Crippen LogP contribution in [0, 0.1) is 18.8 Å². The molecular formula is C17H20N4O2. The van der Waals surface area contributed by atoms with Gasteiger partial charge in [0.2, 0.25) is 0 Å². The van der Waals surface area contributed by atoms with E-state index in [4.69, 9.17) is 10.6 Å². The van der Waals surface area contributed by atoms with Crippen LogP contribution in [0.1, 0.15) is 35.1 Å². The summed E-state index contributed by atoms with van der Waals surface area (Å²) in [7, 11) is 0. The number of carbonyl (C=O) groups is 1. The van der Waals surface area contributed by atoms with Crippen molar-refractivity contribution in [2.24, 2.45) is 5.84 Å². The van der Waals surface area contributed by atoms with E-state index in [0.29, 0.717) is 36.7 Å². The van der Waals surface area contributed by atoms with Crippen LogP contribution in [-0.2, 0) is 13.2 Å². The van der Waals surface area contributed by atoms with Gasteiger partial charge in [0.05, 0.1) is 6.54 Å². The Morgan fingerprint density at radius 3 is 2.78 bits per heavy atom. The van der Waals surface area contributed by atoms with E-state index in [0.717, 1.165) is 5.56 Å². The number of nitrogens with two attached hydrogens (primary N) is 1. The quantitative estimate of drug-likeness (QED) is 0.369. The fraction of sp³-hybridized carbons (Fsp3) is 0.294. The minimum absolute atomic E-state index is 0.318. The van der Waals surface area contributed by atoms with Gasteiger partial charge < -0.3 is 4.74 Å². The fourth-order valence-electron chi connectivity index (χ4n) is 2.20. The van der Waals surface area contributed by atoms with E-state index in [1.165, 1.54) is 0 Å². The first kappa shape index (κ1) is 16.6. The summed E-state index contributed by atoms with van der Waals surface area (Å²) in [4.78, 5) is 12.1. The van der Waals surface area contributed by atoms with Crippen molar-refractivity contribution in [3.05, 3.63) is 47.3 Å². The first-order valence-electron chi connectivity index (χ1n) is 7.32. The molecule has 23 heavy (non-hydrogen) atoms. The number of nitrogens with zero attached hydrogens (tertiary/aromatic N) is 2. The first-order valence-corrected chi connectivity index (χ1v) is 7.32. The van der Waals surface area contributed by atoms with Crippen LogP contribution < -0.4 is 16.0 Å². The van der Waals surface area contributed by atoms with Gasteiger partial charge >= 0.3 is 0 Å². The Bertz CT molecular complexity index is 726. The summed E-state index contributed by atoms with van der Waals surface area (Å²) < 4.78 is 7.41. The van der Waals surface area contributed by atoms with Crippen molar-refractivity contribution < 1.29 is 9.53 Å². The molecule has 2 aromatic rings. The minimum Gasteiger partial charge on any atom is -0.484 e. The molecule has 1 amide bonds. The summed E-state index contributed by atoms with van der Waals surface area (Å²) in [5.74, 6) is 11.1. The summed E-state index contributed by atoms with van der Waals surface area (Å²) in [5.41, 5.74) is 4.12. The van der Waals surface area contributed by atoms with Crippen LogP contribution in [-0.4, -0.2) is 15.7 Å². The number of benzene rings is 1. The molecule has 0 aliphatic carbocycles. The van der Waals surface area contributed by atoms with Gasteiger partial charge in [-0.3, -0.25) is 14.9 Å². The number of hydrogen-bond donors (Lipinski definition) is 2. The summed E-state index contributed by atoms with van der Waals surface area (Å²) in [5, 5.41) is 4.37. The van der Waals surface area contributed by atoms with Crippen molar-refractivity contribution in [2.75, 3.05) is 0 Å². The van der Waals surface area contributed by atoms with Crippen molar-refractivity contribution in [3.8, 4) is 17.6 Å². The van der Waals surface area contributed by atoms with Crippen LogP contribution in [0.25, 0.3) is 0 Å². The summed E-state index contributed by atoms with van der Waals surface area (Å²) in [6.45, 7) is 4.43. The Labute approximate surface area is 135 Å². The lowest BCUT2D eigenvalue weighted by Crippen LogP contribution is -2.32. The molecule has 6 heteroatoms. The van der Waals surface area contributed by atoms with Gasteiger partial charge in [0, 0.05) is 6.42 Å². The lowest BCUT2D eigenvalue weighted by atomic mass is 10.2. The number of hydrogen-bond acceptors (Lipinski definition) is 4. The van der Waals surface area contributed by atoms with Gasteiger partial charge in [-0.05, 0) is 19.4 Å². The number of aromatic nitrogens is 2. The molecule has 0 aliphatic heterocycles. The van der Waals surface area contributed by atoms with Crippen molar-refractivity contribution >= 4 is 5.91 Å². The Kier molecular flexibility index (Phi) is 5.78. The molecule has 0 spiro atoms. The average molecular weight is 312 g/mol. The second-order valence-electron chi connectivity index (χ2n) is 4.91. The maximum Gasteiger partial charge on any atom is 0.287 e. The molecule has 0 bridgehead atoms. The molecule has 0 saturated carbocycles. The van der Waals surface area contributed by atoms with E-state index in [-0.39, 0.29) is 0 Å². The average Bonchev–Trinajstić information content (AvgIpc) is 2.89. The van der Waals surface area contributed by atoms with Crippen LogP contribution in [0.15, 0.2) is 30.3 Å². The Morgan fingerprint density at radius 2 is 2.13 bits per heavy atom. The predicted octanol–water partition coefficient (Wildman–Crippen LogP) is 1.79. The van der Waals surface area contributed by atoms with E-state index < -0.39 is 5.91 Å². The highest BCUT2D eigenvalue weighted by Crippen LogP contribution is 2.24. The Balaban J connectivity index is 2.25. The van der Waals surface area contributed by atoms with Gasteiger partial charge in [-0.1, -0.05) is 30.3 Å². The number of nitrogen functional groups attached to an aromatic ring is 1. The number of aryl methyl sites for hydroxylation is 2. The Morgan fingerprint density at radius 1 is 1.39 bits per heavy atom. The highest BCUT2D eigenvalue weighted by Gasteiger charge is 2.22. The van der Waals surface area contributed by atoms with Crippen LogP contribution >= 0.6 is 0 Å². The summed E-state index contributed by atoms with van der Waals surface area (Å²) >= 11 is 0. The molecule has 0 atom stereocenters. The molecule has 120 valence electrons. The zero-order valence-corrected chi connectivity index (χ0v) is 13.3. The smallest absolute Gasteiger partial charge is 0.287 e. The van der Waals surface area contributed by atoms with E-state index in [1.54, 1.807) is 18.5 Å². The third-order valence-corrected chi connectivity index (χ3v) is 3.27. The van der Waals surface area contributed by atoms with Crippen LogP contribution in [0.5, 0.6) is 5.75 Å². The van der Waals surface area contributed by atoms with Crippen molar-refractivity contribution in [3.63, 3.8) is 0 Å². The van der Waals surface area contributed by atoms with Crippen molar-refractivity contribution in [1.82, 2.24) is 15.2 Å². The number of hydrazine groups is 1.